The van der Waals surface area contributed by atoms with Crippen molar-refractivity contribution < 1.29 is 24.2 Å². The lowest BCUT2D eigenvalue weighted by Gasteiger charge is -2.36. The van der Waals surface area contributed by atoms with Crippen LogP contribution in [0.1, 0.15) is 42.4 Å². The number of fused-ring (bicyclic) bond motifs is 2. The molecule has 2 fully saturated rings. The molecule has 1 saturated heterocycles. The monoisotopic (exact) mass is 701 g/mol. The molecule has 1 saturated carbocycles. The molecule has 1 aromatic heterocycles. The number of aryl methyl sites for hydroxylation is 1. The molecule has 262 valence electrons. The summed E-state index contributed by atoms with van der Waals surface area (Å²) in [6.45, 7) is 9.31. The molecule has 9 heteroatoms. The van der Waals surface area contributed by atoms with Gasteiger partial charge in [-0.15, -0.1) is 11.3 Å². The van der Waals surface area contributed by atoms with Gasteiger partial charge in [-0.2, -0.15) is 0 Å². The number of phenolic OH excluding ortho intramolecular Hbond substituents is 1. The third kappa shape index (κ3) is 7.38. The number of hydrogen-bond acceptors (Lipinski definition) is 9. The Bertz CT molecular complexity index is 2050. The van der Waals surface area contributed by atoms with Crippen molar-refractivity contribution in [1.82, 2.24) is 9.80 Å². The predicted molar refractivity (Wildman–Crippen MR) is 202 cm³/mol. The van der Waals surface area contributed by atoms with Crippen LogP contribution in [-0.2, 0) is 22.7 Å². The maximum atomic E-state index is 12.5. The van der Waals surface area contributed by atoms with E-state index in [1.165, 1.54) is 22.4 Å². The SMILES string of the molecule is Cc1ccc(-c2sc3cc(O)ccc3c2Oc2ccc(OCCCN3CCN(c4ccc5c(c4)CN(C4CCC(=O)CC4=O)C5)CC3)cc2)cc1. The zero-order chi connectivity index (χ0) is 34.9. The topological polar surface area (TPSA) is 82.6 Å². The fraction of sp³-hybridized carbons (Fsp3) is 0.333. The number of carbonyl (C=O) groups is 2. The first kappa shape index (κ1) is 33.4. The number of nitrogens with zero attached hydrogens (tertiary/aromatic N) is 3. The first-order valence-electron chi connectivity index (χ1n) is 18.0. The molecule has 0 spiro atoms. The molecule has 5 aromatic rings. The molecule has 8 rings (SSSR count). The highest BCUT2D eigenvalue weighted by molar-refractivity contribution is 7.22. The number of Topliss-reactive ketones (excluding diaryl/α,β-unsaturated/α-hetero) is 2. The average molecular weight is 702 g/mol. The van der Waals surface area contributed by atoms with E-state index in [-0.39, 0.29) is 29.8 Å². The van der Waals surface area contributed by atoms with Gasteiger partial charge in [0.1, 0.15) is 23.0 Å². The lowest BCUT2D eigenvalue weighted by Crippen LogP contribution is -2.46. The zero-order valence-electron chi connectivity index (χ0n) is 29.0. The number of aromatic hydroxyl groups is 1. The van der Waals surface area contributed by atoms with Gasteiger partial charge in [0.2, 0.25) is 0 Å². The smallest absolute Gasteiger partial charge is 0.157 e. The van der Waals surface area contributed by atoms with Gasteiger partial charge in [0, 0.05) is 68.0 Å². The summed E-state index contributed by atoms with van der Waals surface area (Å²) >= 11 is 1.62. The highest BCUT2D eigenvalue weighted by atomic mass is 32.1. The standard InChI is InChI=1S/C42H43N3O5S/c1-28-3-5-29(6-4-28)42-41(37-15-9-34(47)25-40(37)51-42)50-36-13-11-35(12-14-36)49-22-2-17-43-18-20-44(21-19-43)32-8-7-30-26-45(27-31(30)23-32)38-16-10-33(46)24-39(38)48/h3-9,11-15,23,25,38,47H,2,10,16-22,24,26-27H2,1H3. The van der Waals surface area contributed by atoms with Crippen molar-refractivity contribution in [2.24, 2.45) is 0 Å². The first-order valence-corrected chi connectivity index (χ1v) is 18.8. The Morgan fingerprint density at radius 3 is 2.39 bits per heavy atom. The van der Waals surface area contributed by atoms with Crippen LogP contribution in [0.25, 0.3) is 20.5 Å². The van der Waals surface area contributed by atoms with Gasteiger partial charge in [-0.05, 0) is 91.1 Å². The van der Waals surface area contributed by atoms with Gasteiger partial charge in [-0.25, -0.2) is 0 Å². The number of carbonyl (C=O) groups excluding carboxylic acids is 2. The second kappa shape index (κ2) is 14.5. The Balaban J connectivity index is 0.803. The number of ketones is 2. The summed E-state index contributed by atoms with van der Waals surface area (Å²) in [5, 5.41) is 11.1. The van der Waals surface area contributed by atoms with Gasteiger partial charge in [-0.1, -0.05) is 35.9 Å². The minimum Gasteiger partial charge on any atom is -0.508 e. The van der Waals surface area contributed by atoms with Gasteiger partial charge in [0.25, 0.3) is 0 Å². The molecule has 51 heavy (non-hydrogen) atoms. The van der Waals surface area contributed by atoms with E-state index < -0.39 is 0 Å². The molecule has 3 heterocycles. The van der Waals surface area contributed by atoms with Crippen LogP contribution in [0.3, 0.4) is 0 Å². The molecule has 2 aliphatic heterocycles. The fourth-order valence-electron chi connectivity index (χ4n) is 7.56. The Labute approximate surface area is 302 Å². The van der Waals surface area contributed by atoms with E-state index in [1.807, 2.05) is 30.3 Å². The summed E-state index contributed by atoms with van der Waals surface area (Å²) in [5.74, 6) is 2.76. The van der Waals surface area contributed by atoms with Gasteiger partial charge < -0.3 is 19.5 Å². The molecule has 1 atom stereocenters. The molecule has 0 amide bonds. The average Bonchev–Trinajstić information content (AvgIpc) is 3.72. The van der Waals surface area contributed by atoms with Crippen molar-refractivity contribution in [3.63, 3.8) is 0 Å². The van der Waals surface area contributed by atoms with Crippen LogP contribution in [0.5, 0.6) is 23.0 Å². The summed E-state index contributed by atoms with van der Waals surface area (Å²) in [7, 11) is 0. The van der Waals surface area contributed by atoms with Crippen LogP contribution in [0.2, 0.25) is 0 Å². The second-order valence-electron chi connectivity index (χ2n) is 14.0. The van der Waals surface area contributed by atoms with E-state index in [0.29, 0.717) is 19.4 Å². The normalized spacial score (nSPS) is 18.4. The minimum absolute atomic E-state index is 0.0828. The molecule has 0 radical (unpaired) electrons. The first-order chi connectivity index (χ1) is 24.9. The number of phenols is 1. The predicted octanol–water partition coefficient (Wildman–Crippen LogP) is 7.97. The number of thiophene rings is 1. The van der Waals surface area contributed by atoms with Crippen molar-refractivity contribution >= 4 is 38.7 Å². The van der Waals surface area contributed by atoms with Crippen molar-refractivity contribution in [1.29, 1.82) is 0 Å². The van der Waals surface area contributed by atoms with Crippen molar-refractivity contribution in [3.8, 4) is 33.4 Å². The number of rotatable bonds is 10. The van der Waals surface area contributed by atoms with E-state index >= 15 is 0 Å². The Hall–Kier alpha value is -4.70. The molecule has 8 nitrogen and oxygen atoms in total. The number of ether oxygens (including phenoxy) is 2. The third-order valence-corrected chi connectivity index (χ3v) is 11.6. The Kier molecular flexibility index (Phi) is 9.51. The molecular weight excluding hydrogens is 659 g/mol. The van der Waals surface area contributed by atoms with Crippen LogP contribution in [0.4, 0.5) is 5.69 Å². The van der Waals surface area contributed by atoms with E-state index in [1.54, 1.807) is 23.5 Å². The Morgan fingerprint density at radius 1 is 0.843 bits per heavy atom. The summed E-state index contributed by atoms with van der Waals surface area (Å²) < 4.78 is 13.6. The van der Waals surface area contributed by atoms with Crippen LogP contribution in [0.15, 0.2) is 84.9 Å². The van der Waals surface area contributed by atoms with Crippen LogP contribution < -0.4 is 14.4 Å². The van der Waals surface area contributed by atoms with E-state index in [0.717, 1.165) is 90.0 Å². The summed E-state index contributed by atoms with van der Waals surface area (Å²) in [4.78, 5) is 32.5. The van der Waals surface area contributed by atoms with E-state index in [9.17, 15) is 14.7 Å². The summed E-state index contributed by atoms with van der Waals surface area (Å²) in [5.41, 5.74) is 6.16. The van der Waals surface area contributed by atoms with Crippen LogP contribution in [-0.4, -0.2) is 71.8 Å². The molecule has 0 bridgehead atoms. The van der Waals surface area contributed by atoms with Crippen LogP contribution in [0, 0.1) is 6.92 Å². The second-order valence-corrected chi connectivity index (χ2v) is 15.1. The zero-order valence-corrected chi connectivity index (χ0v) is 29.8. The molecular formula is C42H43N3O5S. The fourth-order valence-corrected chi connectivity index (χ4v) is 8.73. The maximum Gasteiger partial charge on any atom is 0.157 e. The van der Waals surface area contributed by atoms with Gasteiger partial charge in [0.05, 0.1) is 23.9 Å². The maximum absolute atomic E-state index is 12.5. The molecule has 1 unspecified atom stereocenters. The van der Waals surface area contributed by atoms with Gasteiger partial charge in [0.15, 0.2) is 11.5 Å². The molecule has 3 aliphatic rings. The highest BCUT2D eigenvalue weighted by Crippen LogP contribution is 2.47. The molecule has 1 aliphatic carbocycles. The number of hydrogen-bond donors (Lipinski definition) is 1. The van der Waals surface area contributed by atoms with E-state index in [4.69, 9.17) is 9.47 Å². The largest absolute Gasteiger partial charge is 0.508 e. The minimum atomic E-state index is -0.118. The van der Waals surface area contributed by atoms with Gasteiger partial charge in [-0.3, -0.25) is 19.4 Å². The molecule has 4 aromatic carbocycles. The number of piperazine rings is 1. The summed E-state index contributed by atoms with van der Waals surface area (Å²) in [6.07, 6.45) is 2.23. The Morgan fingerprint density at radius 2 is 1.61 bits per heavy atom. The summed E-state index contributed by atoms with van der Waals surface area (Å²) in [6, 6.07) is 28.3. The lowest BCUT2D eigenvalue weighted by molar-refractivity contribution is -0.134. The van der Waals surface area contributed by atoms with Gasteiger partial charge >= 0.3 is 0 Å². The molecule has 1 N–H and O–H groups in total. The number of benzene rings is 4. The lowest BCUT2D eigenvalue weighted by atomic mass is 9.92. The quantitative estimate of drug-likeness (QED) is 0.116. The number of anilines is 1. The van der Waals surface area contributed by atoms with Crippen molar-refractivity contribution in [2.45, 2.75) is 51.7 Å². The third-order valence-electron chi connectivity index (χ3n) is 10.4. The highest BCUT2D eigenvalue weighted by Gasteiger charge is 2.35. The van der Waals surface area contributed by atoms with Crippen molar-refractivity contribution in [3.05, 3.63) is 102 Å². The van der Waals surface area contributed by atoms with Crippen molar-refractivity contribution in [2.75, 3.05) is 44.2 Å². The van der Waals surface area contributed by atoms with E-state index in [2.05, 4.69) is 64.1 Å². The van der Waals surface area contributed by atoms with Crippen LogP contribution >= 0.6 is 11.3 Å².